The van der Waals surface area contributed by atoms with E-state index in [0.717, 1.165) is 11.6 Å². The van der Waals surface area contributed by atoms with E-state index in [2.05, 4.69) is 5.43 Å². The van der Waals surface area contributed by atoms with Gasteiger partial charge in [-0.15, -0.1) is 0 Å². The normalized spacial score (nSPS) is 15.0. The largest absolute Gasteiger partial charge is 0.273 e. The molecule has 1 aromatic rings. The number of carbonyl (C=O) groups is 1. The van der Waals surface area contributed by atoms with Gasteiger partial charge in [0.2, 0.25) is 17.1 Å². The summed E-state index contributed by atoms with van der Waals surface area (Å²) < 4.78 is 1.92. The molecule has 0 aliphatic carbocycles. The van der Waals surface area contributed by atoms with Gasteiger partial charge < -0.3 is 0 Å². The molecule has 1 aliphatic rings. The molecule has 0 fully saturated rings. The van der Waals surface area contributed by atoms with Crippen LogP contribution in [0, 0.1) is 0 Å². The first-order valence-corrected chi connectivity index (χ1v) is 5.66. The number of hydrogen-bond acceptors (Lipinski definition) is 3. The number of carbonyl (C=O) groups excluding carboxylic acids is 1. The Balaban J connectivity index is 2.18. The van der Waals surface area contributed by atoms with Crippen molar-refractivity contribution in [3.8, 4) is 0 Å². The standard InChI is InChI=1S/C10H11N3OS/c1-9(14)11-13-8-15-7-12(13)10-5-3-2-4-6-10/h2-7H,8H2,1H3/p+1. The van der Waals surface area contributed by atoms with Crippen LogP contribution in [0.25, 0.3) is 0 Å². The van der Waals surface area contributed by atoms with E-state index < -0.39 is 0 Å². The van der Waals surface area contributed by atoms with Gasteiger partial charge in [-0.2, -0.15) is 0 Å². The number of rotatable bonds is 2. The highest BCUT2D eigenvalue weighted by Gasteiger charge is 2.25. The number of hydrazone groups is 1. The van der Waals surface area contributed by atoms with Gasteiger partial charge in [-0.25, -0.2) is 5.43 Å². The summed E-state index contributed by atoms with van der Waals surface area (Å²) in [5, 5.41) is 1.78. The van der Waals surface area contributed by atoms with Gasteiger partial charge in [0.15, 0.2) is 5.88 Å². The average molecular weight is 222 g/mol. The summed E-state index contributed by atoms with van der Waals surface area (Å²) in [5.74, 6) is 0.668. The zero-order valence-electron chi connectivity index (χ0n) is 8.38. The Morgan fingerprint density at radius 2 is 2.20 bits per heavy atom. The topological polar surface area (TPSA) is 35.4 Å². The molecule has 1 aliphatic heterocycles. The van der Waals surface area contributed by atoms with Crippen LogP contribution in [0.4, 0.5) is 5.69 Å². The minimum absolute atomic E-state index is 0.0631. The first-order chi connectivity index (χ1) is 7.27. The first-order valence-electron chi connectivity index (χ1n) is 4.61. The van der Waals surface area contributed by atoms with Crippen LogP contribution >= 0.6 is 11.8 Å². The molecule has 78 valence electrons. The molecule has 0 unspecified atom stereocenters. The second kappa shape index (κ2) is 4.35. The molecule has 1 amide bonds. The predicted molar refractivity (Wildman–Crippen MR) is 60.5 cm³/mol. The summed E-state index contributed by atoms with van der Waals surface area (Å²) in [6.45, 7) is 1.51. The number of thioether (sulfide) groups is 1. The van der Waals surface area contributed by atoms with E-state index in [0.29, 0.717) is 0 Å². The lowest BCUT2D eigenvalue weighted by molar-refractivity contribution is -0.621. The Labute approximate surface area is 92.5 Å². The van der Waals surface area contributed by atoms with Crippen LogP contribution in [0.5, 0.6) is 0 Å². The number of hydrogen-bond donors (Lipinski definition) is 1. The molecule has 1 aromatic carbocycles. The molecular weight excluding hydrogens is 210 g/mol. The van der Waals surface area contributed by atoms with Gasteiger partial charge in [0.25, 0.3) is 0 Å². The third-order valence-electron chi connectivity index (χ3n) is 1.94. The van der Waals surface area contributed by atoms with Crippen molar-refractivity contribution < 1.29 is 9.48 Å². The van der Waals surface area contributed by atoms with Gasteiger partial charge in [0, 0.05) is 19.1 Å². The van der Waals surface area contributed by atoms with Crippen LogP contribution in [0.15, 0.2) is 30.3 Å². The van der Waals surface area contributed by atoms with E-state index in [1.807, 2.05) is 40.6 Å². The average Bonchev–Trinajstić information content (AvgIpc) is 2.66. The van der Waals surface area contributed by atoms with E-state index >= 15 is 0 Å². The smallest absolute Gasteiger partial charge is 0.239 e. The second-order valence-corrected chi connectivity index (χ2v) is 3.95. The van der Waals surface area contributed by atoms with Crippen molar-refractivity contribution >= 4 is 28.9 Å². The van der Waals surface area contributed by atoms with E-state index in [1.54, 1.807) is 16.9 Å². The lowest BCUT2D eigenvalue weighted by atomic mass is 10.3. The van der Waals surface area contributed by atoms with Crippen LogP contribution in [0.3, 0.4) is 0 Å². The number of nitrogens with one attached hydrogen (secondary N) is 1. The van der Waals surface area contributed by atoms with Gasteiger partial charge in [-0.1, -0.05) is 28.0 Å². The van der Waals surface area contributed by atoms with Gasteiger partial charge in [-0.3, -0.25) is 4.79 Å². The summed E-state index contributed by atoms with van der Waals surface area (Å²) in [4.78, 5) is 11.0. The quantitative estimate of drug-likeness (QED) is 0.767. The van der Waals surface area contributed by atoms with Crippen LogP contribution < -0.4 is 5.43 Å². The lowest BCUT2D eigenvalue weighted by Gasteiger charge is -2.13. The zero-order chi connectivity index (χ0) is 10.7. The van der Waals surface area contributed by atoms with Crippen LogP contribution in [-0.2, 0) is 4.79 Å². The molecule has 0 aromatic heterocycles. The van der Waals surface area contributed by atoms with Crippen molar-refractivity contribution in [2.24, 2.45) is 0 Å². The number of nitrogens with zero attached hydrogens (tertiary/aromatic N) is 2. The lowest BCUT2D eigenvalue weighted by Crippen LogP contribution is -2.43. The summed E-state index contributed by atoms with van der Waals surface area (Å²) >= 11 is 1.64. The van der Waals surface area contributed by atoms with E-state index in [4.69, 9.17) is 0 Å². The highest BCUT2D eigenvalue weighted by atomic mass is 32.2. The predicted octanol–water partition coefficient (Wildman–Crippen LogP) is 1.33. The summed E-state index contributed by atoms with van der Waals surface area (Å²) in [7, 11) is 0. The number of hydrazine groups is 2. The van der Waals surface area contributed by atoms with Crippen molar-refractivity contribution in [2.45, 2.75) is 6.92 Å². The molecule has 1 heterocycles. The van der Waals surface area contributed by atoms with E-state index in [9.17, 15) is 4.79 Å². The Morgan fingerprint density at radius 1 is 1.47 bits per heavy atom. The van der Waals surface area contributed by atoms with Crippen molar-refractivity contribution in [1.82, 2.24) is 10.5 Å². The molecule has 0 spiro atoms. The van der Waals surface area contributed by atoms with Crippen molar-refractivity contribution in [2.75, 3.05) is 5.88 Å². The molecule has 1 N–H and O–H groups in total. The molecule has 0 radical (unpaired) electrons. The fourth-order valence-corrected chi connectivity index (χ4v) is 2.12. The number of benzene rings is 1. The maximum absolute atomic E-state index is 11.0. The molecular formula is C10H12N3OS+. The highest BCUT2D eigenvalue weighted by molar-refractivity contribution is 8.11. The summed E-state index contributed by atoms with van der Waals surface area (Å²) in [6, 6.07) is 9.90. The minimum atomic E-state index is -0.0631. The highest BCUT2D eigenvalue weighted by Crippen LogP contribution is 2.18. The molecule has 2 rings (SSSR count). The molecule has 0 saturated heterocycles. The van der Waals surface area contributed by atoms with Crippen molar-refractivity contribution in [1.29, 1.82) is 0 Å². The van der Waals surface area contributed by atoms with Gasteiger partial charge in [0.05, 0.1) is 0 Å². The first kappa shape index (κ1) is 10.0. The maximum Gasteiger partial charge on any atom is 0.239 e. The van der Waals surface area contributed by atoms with Gasteiger partial charge in [-0.05, 0) is 11.8 Å². The van der Waals surface area contributed by atoms with Crippen LogP contribution in [0.2, 0.25) is 0 Å². The zero-order valence-corrected chi connectivity index (χ0v) is 9.20. The SMILES string of the molecule is CC(=O)NN1CSC=[N+]1c1ccccc1. The van der Waals surface area contributed by atoms with Crippen molar-refractivity contribution in [3.63, 3.8) is 0 Å². The number of amides is 1. The molecule has 0 bridgehead atoms. The Morgan fingerprint density at radius 3 is 2.87 bits per heavy atom. The molecule has 15 heavy (non-hydrogen) atoms. The van der Waals surface area contributed by atoms with Crippen LogP contribution in [-0.4, -0.2) is 27.1 Å². The third-order valence-corrected chi connectivity index (χ3v) is 2.68. The molecule has 0 saturated carbocycles. The summed E-state index contributed by atoms with van der Waals surface area (Å²) in [6.07, 6.45) is 0. The number of para-hydroxylation sites is 1. The fraction of sp³-hybridized carbons (Fsp3) is 0.200. The van der Waals surface area contributed by atoms with Crippen molar-refractivity contribution in [3.05, 3.63) is 30.3 Å². The second-order valence-electron chi connectivity index (χ2n) is 3.15. The van der Waals surface area contributed by atoms with E-state index in [1.165, 1.54) is 6.92 Å². The fourth-order valence-electron chi connectivity index (χ4n) is 1.34. The maximum atomic E-state index is 11.0. The van der Waals surface area contributed by atoms with Crippen LogP contribution in [0.1, 0.15) is 6.92 Å². The third kappa shape index (κ3) is 2.30. The molecule has 0 atom stereocenters. The minimum Gasteiger partial charge on any atom is -0.273 e. The summed E-state index contributed by atoms with van der Waals surface area (Å²) in [5.41, 5.74) is 5.77. The Hall–Kier alpha value is -1.49. The van der Waals surface area contributed by atoms with E-state index in [-0.39, 0.29) is 5.91 Å². The monoisotopic (exact) mass is 222 g/mol. The van der Waals surface area contributed by atoms with Gasteiger partial charge in [0.1, 0.15) is 0 Å². The molecule has 4 nitrogen and oxygen atoms in total. The Kier molecular flexibility index (Phi) is 2.91. The Bertz CT molecular complexity index is 391. The van der Waals surface area contributed by atoms with Gasteiger partial charge >= 0.3 is 0 Å². The molecule has 5 heteroatoms.